The van der Waals surface area contributed by atoms with E-state index in [9.17, 15) is 9.36 Å². The summed E-state index contributed by atoms with van der Waals surface area (Å²) < 4.78 is 27.8. The van der Waals surface area contributed by atoms with Crippen molar-refractivity contribution < 1.29 is 13.8 Å². The first-order valence-corrected chi connectivity index (χ1v) is 9.89. The van der Waals surface area contributed by atoms with E-state index in [1.165, 1.54) is 4.57 Å². The van der Waals surface area contributed by atoms with Crippen LogP contribution in [0.3, 0.4) is 0 Å². The summed E-state index contributed by atoms with van der Waals surface area (Å²) in [6, 6.07) is 1.56. The Labute approximate surface area is 148 Å². The lowest BCUT2D eigenvalue weighted by molar-refractivity contribution is -0.128. The molecule has 2 N–H and O–H groups in total. The number of likely N-dealkylation sites (N-methyl/N-ethyl adjacent to an activating group) is 1. The maximum Gasteiger partial charge on any atom is 0.351 e. The molecule has 3 atom stereocenters. The molecule has 1 saturated heterocycles. The molecule has 2 heterocycles. The number of hydrogen-bond donors (Lipinski definition) is 1. The van der Waals surface area contributed by atoms with Crippen molar-refractivity contribution in [3.05, 3.63) is 22.7 Å². The van der Waals surface area contributed by atoms with Crippen LogP contribution in [0.1, 0.15) is 20.1 Å². The fourth-order valence-electron chi connectivity index (χ4n) is 2.80. The molecule has 0 aromatic carbocycles. The largest absolute Gasteiger partial charge is 0.383 e. The van der Waals surface area contributed by atoms with E-state index in [4.69, 9.17) is 15.0 Å². The van der Waals surface area contributed by atoms with Gasteiger partial charge in [0, 0.05) is 24.9 Å². The third-order valence-electron chi connectivity index (χ3n) is 4.15. The first-order chi connectivity index (χ1) is 11.6. The Bertz CT molecular complexity index is 681. The molecule has 9 nitrogen and oxygen atoms in total. The van der Waals surface area contributed by atoms with E-state index in [1.54, 1.807) is 31.0 Å². The van der Waals surface area contributed by atoms with Gasteiger partial charge < -0.3 is 15.0 Å². The predicted molar refractivity (Wildman–Crippen MR) is 96.7 cm³/mol. The smallest absolute Gasteiger partial charge is 0.351 e. The maximum absolute atomic E-state index is 12.9. The van der Waals surface area contributed by atoms with Gasteiger partial charge in [-0.3, -0.25) is 14.0 Å². The highest BCUT2D eigenvalue weighted by Crippen LogP contribution is 2.53. The number of morpholine rings is 1. The van der Waals surface area contributed by atoms with Gasteiger partial charge in [-0.2, -0.15) is 4.98 Å². The minimum Gasteiger partial charge on any atom is -0.383 e. The molecule has 0 aliphatic carbocycles. The van der Waals surface area contributed by atoms with E-state index >= 15 is 0 Å². The summed E-state index contributed by atoms with van der Waals surface area (Å²) >= 11 is 0. The number of aromatic nitrogens is 2. The molecule has 25 heavy (non-hydrogen) atoms. The predicted octanol–water partition coefficient (Wildman–Crippen LogP) is 0.834. The Balaban J connectivity index is 2.10. The van der Waals surface area contributed by atoms with Crippen LogP contribution in [0.15, 0.2) is 17.1 Å². The molecule has 1 aromatic rings. The lowest BCUT2D eigenvalue weighted by atomic mass is 10.3. The summed E-state index contributed by atoms with van der Waals surface area (Å²) in [5, 5.41) is 0. The van der Waals surface area contributed by atoms with Crippen LogP contribution in [-0.4, -0.2) is 71.7 Å². The summed E-state index contributed by atoms with van der Waals surface area (Å²) in [4.78, 5) is 17.8. The van der Waals surface area contributed by atoms with Crippen LogP contribution in [0.4, 0.5) is 5.82 Å². The Morgan fingerprint density at radius 1 is 1.48 bits per heavy atom. The molecule has 2 rings (SSSR count). The number of nitrogens with zero attached hydrogens (tertiary/aromatic N) is 4. The maximum atomic E-state index is 12.9. The number of rotatable bonds is 6. The summed E-state index contributed by atoms with van der Waals surface area (Å²) in [5.74, 6) is 0.175. The molecule has 0 bridgehead atoms. The molecule has 1 aliphatic rings. The monoisotopic (exact) mass is 373 g/mol. The molecule has 1 aromatic heterocycles. The second-order valence-electron chi connectivity index (χ2n) is 6.78. The van der Waals surface area contributed by atoms with E-state index in [2.05, 4.69) is 4.98 Å². The number of ether oxygens (including phenoxy) is 1. The Morgan fingerprint density at radius 3 is 2.72 bits per heavy atom. The van der Waals surface area contributed by atoms with Gasteiger partial charge in [0.25, 0.3) is 7.52 Å². The van der Waals surface area contributed by atoms with Gasteiger partial charge in [0.2, 0.25) is 0 Å². The molecule has 1 aliphatic heterocycles. The highest BCUT2D eigenvalue weighted by Gasteiger charge is 2.34. The fourth-order valence-corrected chi connectivity index (χ4v) is 4.64. The highest BCUT2D eigenvalue weighted by molar-refractivity contribution is 7.57. The second-order valence-corrected chi connectivity index (χ2v) is 10.00. The van der Waals surface area contributed by atoms with E-state index < -0.39 is 19.4 Å². The first-order valence-electron chi connectivity index (χ1n) is 8.24. The normalized spacial score (nSPS) is 24.6. The zero-order valence-electron chi connectivity index (χ0n) is 15.5. The topological polar surface area (TPSA) is 103 Å². The van der Waals surface area contributed by atoms with Crippen molar-refractivity contribution >= 4 is 13.3 Å². The second kappa shape index (κ2) is 7.97. The molecular formula is C15H28N5O4P. The summed E-state index contributed by atoms with van der Waals surface area (Å²) in [7, 11) is 2.51. The van der Waals surface area contributed by atoms with E-state index in [0.717, 1.165) is 0 Å². The van der Waals surface area contributed by atoms with Crippen LogP contribution in [0.5, 0.6) is 0 Å². The van der Waals surface area contributed by atoms with Crippen molar-refractivity contribution in [2.45, 2.75) is 31.8 Å². The van der Waals surface area contributed by atoms with Gasteiger partial charge in [0.05, 0.1) is 12.7 Å². The molecule has 1 fully saturated rings. The fraction of sp³-hybridized carbons (Fsp3) is 0.733. The van der Waals surface area contributed by atoms with E-state index in [-0.39, 0.29) is 24.2 Å². The lowest BCUT2D eigenvalue weighted by Crippen LogP contribution is -2.47. The van der Waals surface area contributed by atoms with Crippen molar-refractivity contribution in [2.75, 3.05) is 46.6 Å². The first kappa shape index (κ1) is 20.1. The van der Waals surface area contributed by atoms with Crippen LogP contribution < -0.4 is 11.4 Å². The molecule has 0 spiro atoms. The molecule has 10 heteroatoms. The Kier molecular flexibility index (Phi) is 6.40. The third kappa shape index (κ3) is 4.68. The van der Waals surface area contributed by atoms with Crippen LogP contribution in [0.25, 0.3) is 0 Å². The molecule has 0 radical (unpaired) electrons. The van der Waals surface area contributed by atoms with Crippen LogP contribution in [-0.2, 0) is 13.8 Å². The van der Waals surface area contributed by atoms with E-state index in [1.807, 2.05) is 25.8 Å². The van der Waals surface area contributed by atoms with Crippen LogP contribution >= 0.6 is 7.52 Å². The number of nitrogens with two attached hydrogens (primary N) is 1. The quantitative estimate of drug-likeness (QED) is 0.732. The van der Waals surface area contributed by atoms with Gasteiger partial charge in [0.1, 0.15) is 5.82 Å². The molecule has 0 saturated carbocycles. The SMILES string of the molecule is CC(C)P(=O)(OC[C@@H]1CN(C)C[C@H](n2ccc(N)nc2=O)O1)N(C)C. The van der Waals surface area contributed by atoms with Gasteiger partial charge in [-0.05, 0) is 27.2 Å². The van der Waals surface area contributed by atoms with E-state index in [0.29, 0.717) is 13.1 Å². The zero-order valence-corrected chi connectivity index (χ0v) is 16.3. The van der Waals surface area contributed by atoms with Crippen molar-refractivity contribution in [1.82, 2.24) is 19.1 Å². The van der Waals surface area contributed by atoms with Crippen molar-refractivity contribution in [1.29, 1.82) is 0 Å². The van der Waals surface area contributed by atoms with Gasteiger partial charge in [0.15, 0.2) is 6.23 Å². The van der Waals surface area contributed by atoms with Crippen LogP contribution in [0.2, 0.25) is 0 Å². The van der Waals surface area contributed by atoms with Crippen LogP contribution in [0, 0.1) is 0 Å². The summed E-state index contributed by atoms with van der Waals surface area (Å²) in [6.07, 6.45) is 0.775. The Hall–Kier alpha value is -1.25. The highest BCUT2D eigenvalue weighted by atomic mass is 31.2. The molecule has 0 amide bonds. The Morgan fingerprint density at radius 2 is 2.16 bits per heavy atom. The van der Waals surface area contributed by atoms with Gasteiger partial charge in [-0.25, -0.2) is 9.46 Å². The number of anilines is 1. The zero-order chi connectivity index (χ0) is 18.8. The lowest BCUT2D eigenvalue weighted by Gasteiger charge is -2.37. The minimum atomic E-state index is -2.92. The van der Waals surface area contributed by atoms with Crippen molar-refractivity contribution in [3.63, 3.8) is 0 Å². The standard InChI is InChI=1S/C15H28N5O4P/c1-11(2)25(22,18(3)4)23-10-12-8-19(5)9-14(24-12)20-7-6-13(16)17-15(20)21/h6-7,11-12,14H,8-10H2,1-5H3,(H2,16,17,21)/t12-,14+,25?/m0/s1. The average Bonchev–Trinajstić information content (AvgIpc) is 2.51. The minimum absolute atomic E-state index is 0.122. The average molecular weight is 373 g/mol. The third-order valence-corrected chi connectivity index (χ3v) is 7.09. The summed E-state index contributed by atoms with van der Waals surface area (Å²) in [5.41, 5.74) is 4.95. The van der Waals surface area contributed by atoms with Crippen molar-refractivity contribution in [2.24, 2.45) is 0 Å². The number of hydrogen-bond acceptors (Lipinski definition) is 7. The number of nitrogen functional groups attached to an aromatic ring is 1. The van der Waals surface area contributed by atoms with Crippen molar-refractivity contribution in [3.8, 4) is 0 Å². The molecular weight excluding hydrogens is 345 g/mol. The van der Waals surface area contributed by atoms with Gasteiger partial charge in [-0.1, -0.05) is 13.8 Å². The van der Waals surface area contributed by atoms with Gasteiger partial charge >= 0.3 is 5.69 Å². The summed E-state index contributed by atoms with van der Waals surface area (Å²) in [6.45, 7) is 5.09. The molecule has 142 valence electrons. The van der Waals surface area contributed by atoms with Gasteiger partial charge in [-0.15, -0.1) is 0 Å². The molecule has 1 unspecified atom stereocenters.